The lowest BCUT2D eigenvalue weighted by atomic mass is 10.0. The van der Waals surface area contributed by atoms with Crippen LogP contribution < -0.4 is 4.90 Å². The van der Waals surface area contributed by atoms with E-state index in [1.54, 1.807) is 18.2 Å². The van der Waals surface area contributed by atoms with Gasteiger partial charge in [-0.05, 0) is 43.6 Å². The molecule has 0 radical (unpaired) electrons. The van der Waals surface area contributed by atoms with Crippen LogP contribution in [0.1, 0.15) is 18.4 Å². The van der Waals surface area contributed by atoms with Crippen LogP contribution in [0.4, 0.5) is 11.4 Å². The van der Waals surface area contributed by atoms with Gasteiger partial charge in [0.1, 0.15) is 0 Å². The summed E-state index contributed by atoms with van der Waals surface area (Å²) in [5.41, 5.74) is 2.54. The first kappa shape index (κ1) is 18.9. The SMILES string of the molecule is O=[N+]([O-])c1cccc(CN2CCC(N3CCN(c4ccccc4)CC3)CC2)c1. The summed E-state index contributed by atoms with van der Waals surface area (Å²) in [7, 11) is 0. The van der Waals surface area contributed by atoms with Gasteiger partial charge in [0.05, 0.1) is 4.92 Å². The Balaban J connectivity index is 1.25. The van der Waals surface area contributed by atoms with E-state index in [-0.39, 0.29) is 10.6 Å². The van der Waals surface area contributed by atoms with Crippen LogP contribution in [0.5, 0.6) is 0 Å². The van der Waals surface area contributed by atoms with Gasteiger partial charge in [-0.15, -0.1) is 0 Å². The van der Waals surface area contributed by atoms with Crippen LogP contribution in [0, 0.1) is 10.1 Å². The minimum atomic E-state index is -0.315. The molecule has 0 unspecified atom stereocenters. The molecule has 6 heteroatoms. The highest BCUT2D eigenvalue weighted by Crippen LogP contribution is 2.23. The predicted octanol–water partition coefficient (Wildman–Crippen LogP) is 3.38. The number of piperazine rings is 1. The highest BCUT2D eigenvalue weighted by molar-refractivity contribution is 5.46. The van der Waals surface area contributed by atoms with Crippen LogP contribution in [0.25, 0.3) is 0 Å². The fraction of sp³-hybridized carbons (Fsp3) is 0.455. The third kappa shape index (κ3) is 4.51. The van der Waals surface area contributed by atoms with Crippen molar-refractivity contribution in [2.75, 3.05) is 44.2 Å². The number of benzene rings is 2. The maximum Gasteiger partial charge on any atom is 0.269 e. The lowest BCUT2D eigenvalue weighted by molar-refractivity contribution is -0.384. The van der Waals surface area contributed by atoms with Gasteiger partial charge >= 0.3 is 0 Å². The molecule has 28 heavy (non-hydrogen) atoms. The molecule has 2 aliphatic rings. The first-order valence-electron chi connectivity index (χ1n) is 10.2. The van der Waals surface area contributed by atoms with Crippen molar-refractivity contribution in [2.24, 2.45) is 0 Å². The van der Waals surface area contributed by atoms with Gasteiger partial charge in [0.15, 0.2) is 0 Å². The minimum absolute atomic E-state index is 0.184. The average molecular weight is 380 g/mol. The standard InChI is InChI=1S/C22H28N4O2/c27-26(28)22-8-4-5-19(17-22)18-23-11-9-21(10-12-23)25-15-13-24(14-16-25)20-6-2-1-3-7-20/h1-8,17,21H,9-16,18H2. The van der Waals surface area contributed by atoms with E-state index < -0.39 is 0 Å². The Morgan fingerprint density at radius 2 is 1.61 bits per heavy atom. The van der Waals surface area contributed by atoms with Gasteiger partial charge < -0.3 is 4.90 Å². The van der Waals surface area contributed by atoms with Gasteiger partial charge in [-0.3, -0.25) is 19.9 Å². The van der Waals surface area contributed by atoms with Crippen molar-refractivity contribution in [1.29, 1.82) is 0 Å². The molecular formula is C22H28N4O2. The van der Waals surface area contributed by atoms with E-state index in [0.29, 0.717) is 6.04 Å². The van der Waals surface area contributed by atoms with Crippen molar-refractivity contribution in [3.05, 3.63) is 70.3 Å². The zero-order valence-electron chi connectivity index (χ0n) is 16.2. The topological polar surface area (TPSA) is 52.9 Å². The Bertz CT molecular complexity index is 782. The Labute approximate surface area is 166 Å². The monoisotopic (exact) mass is 380 g/mol. The molecule has 2 aliphatic heterocycles. The van der Waals surface area contributed by atoms with Crippen LogP contribution in [0.3, 0.4) is 0 Å². The van der Waals surface area contributed by atoms with Gasteiger partial charge in [-0.2, -0.15) is 0 Å². The lowest BCUT2D eigenvalue weighted by Crippen LogP contribution is -2.53. The van der Waals surface area contributed by atoms with Crippen molar-refractivity contribution in [1.82, 2.24) is 9.80 Å². The molecule has 0 aromatic heterocycles. The quantitative estimate of drug-likeness (QED) is 0.588. The molecule has 0 amide bonds. The molecule has 0 atom stereocenters. The number of hydrogen-bond acceptors (Lipinski definition) is 5. The Hall–Kier alpha value is -2.44. The number of piperidine rings is 1. The second-order valence-electron chi connectivity index (χ2n) is 7.79. The lowest BCUT2D eigenvalue weighted by Gasteiger charge is -2.43. The largest absolute Gasteiger partial charge is 0.369 e. The summed E-state index contributed by atoms with van der Waals surface area (Å²) in [4.78, 5) is 18.2. The van der Waals surface area contributed by atoms with Crippen LogP contribution in [-0.4, -0.2) is 60.0 Å². The number of rotatable bonds is 5. The normalized spacial score (nSPS) is 19.6. The van der Waals surface area contributed by atoms with E-state index in [1.807, 2.05) is 6.07 Å². The van der Waals surface area contributed by atoms with Gasteiger partial charge in [0.2, 0.25) is 0 Å². The number of para-hydroxylation sites is 1. The first-order chi connectivity index (χ1) is 13.7. The van der Waals surface area contributed by atoms with Crippen LogP contribution >= 0.6 is 0 Å². The molecule has 2 fully saturated rings. The molecule has 0 spiro atoms. The van der Waals surface area contributed by atoms with E-state index in [4.69, 9.17) is 0 Å². The smallest absolute Gasteiger partial charge is 0.269 e. The van der Waals surface area contributed by atoms with Crippen molar-refractivity contribution in [3.8, 4) is 0 Å². The van der Waals surface area contributed by atoms with Gasteiger partial charge in [-0.1, -0.05) is 30.3 Å². The van der Waals surface area contributed by atoms with Crippen LogP contribution in [0.15, 0.2) is 54.6 Å². The van der Waals surface area contributed by atoms with E-state index in [2.05, 4.69) is 45.0 Å². The van der Waals surface area contributed by atoms with Crippen molar-refractivity contribution in [3.63, 3.8) is 0 Å². The van der Waals surface area contributed by atoms with E-state index in [1.165, 1.54) is 18.5 Å². The predicted molar refractivity (Wildman–Crippen MR) is 112 cm³/mol. The summed E-state index contributed by atoms with van der Waals surface area (Å²) in [6.07, 6.45) is 2.36. The molecule has 2 aromatic rings. The maximum absolute atomic E-state index is 11.0. The number of nitro benzene ring substituents is 1. The Kier molecular flexibility index (Phi) is 5.88. The van der Waals surface area contributed by atoms with Gasteiger partial charge in [-0.25, -0.2) is 0 Å². The third-order valence-electron chi connectivity index (χ3n) is 6.04. The number of likely N-dealkylation sites (tertiary alicyclic amines) is 1. The molecule has 2 aromatic carbocycles. The van der Waals surface area contributed by atoms with E-state index >= 15 is 0 Å². The number of nitro groups is 1. The average Bonchev–Trinajstić information content (AvgIpc) is 2.75. The molecule has 0 N–H and O–H groups in total. The minimum Gasteiger partial charge on any atom is -0.369 e. The zero-order valence-corrected chi connectivity index (χ0v) is 16.2. The number of nitrogens with zero attached hydrogens (tertiary/aromatic N) is 4. The van der Waals surface area contributed by atoms with Crippen LogP contribution in [-0.2, 0) is 6.54 Å². The molecule has 0 bridgehead atoms. The summed E-state index contributed by atoms with van der Waals surface area (Å²) in [6.45, 7) is 7.37. The first-order valence-corrected chi connectivity index (χ1v) is 10.2. The second kappa shape index (κ2) is 8.71. The summed E-state index contributed by atoms with van der Waals surface area (Å²) >= 11 is 0. The summed E-state index contributed by atoms with van der Waals surface area (Å²) in [5.74, 6) is 0. The molecule has 6 nitrogen and oxygen atoms in total. The molecule has 2 heterocycles. The number of non-ortho nitro benzene ring substituents is 1. The van der Waals surface area contributed by atoms with Crippen molar-refractivity contribution >= 4 is 11.4 Å². The van der Waals surface area contributed by atoms with Crippen molar-refractivity contribution < 1.29 is 4.92 Å². The fourth-order valence-electron chi connectivity index (χ4n) is 4.45. The van der Waals surface area contributed by atoms with Crippen LogP contribution in [0.2, 0.25) is 0 Å². The molecule has 0 saturated carbocycles. The highest BCUT2D eigenvalue weighted by atomic mass is 16.6. The summed E-state index contributed by atoms with van der Waals surface area (Å²) < 4.78 is 0. The molecule has 2 saturated heterocycles. The van der Waals surface area contributed by atoms with Crippen molar-refractivity contribution in [2.45, 2.75) is 25.4 Å². The Morgan fingerprint density at radius 3 is 2.29 bits per heavy atom. The van der Waals surface area contributed by atoms with E-state index in [9.17, 15) is 10.1 Å². The third-order valence-corrected chi connectivity index (χ3v) is 6.04. The zero-order chi connectivity index (χ0) is 19.3. The Morgan fingerprint density at radius 1 is 0.893 bits per heavy atom. The molecular weight excluding hydrogens is 352 g/mol. The van der Waals surface area contributed by atoms with Gasteiger partial charge in [0.25, 0.3) is 5.69 Å². The number of anilines is 1. The highest BCUT2D eigenvalue weighted by Gasteiger charge is 2.27. The molecule has 148 valence electrons. The fourth-order valence-corrected chi connectivity index (χ4v) is 4.45. The molecule has 0 aliphatic carbocycles. The number of hydrogen-bond donors (Lipinski definition) is 0. The van der Waals surface area contributed by atoms with E-state index in [0.717, 1.165) is 51.4 Å². The summed E-state index contributed by atoms with van der Waals surface area (Å²) in [5, 5.41) is 11.0. The maximum atomic E-state index is 11.0. The summed E-state index contributed by atoms with van der Waals surface area (Å²) in [6, 6.07) is 18.4. The molecule has 4 rings (SSSR count). The second-order valence-corrected chi connectivity index (χ2v) is 7.79. The van der Waals surface area contributed by atoms with Gasteiger partial charge in [0, 0.05) is 56.6 Å².